The molecule has 2 aromatic rings. The summed E-state index contributed by atoms with van der Waals surface area (Å²) in [6.07, 6.45) is 1.74. The van der Waals surface area contributed by atoms with Crippen LogP contribution < -0.4 is 5.32 Å². The summed E-state index contributed by atoms with van der Waals surface area (Å²) in [5.41, 5.74) is 0.853. The van der Waals surface area contributed by atoms with E-state index < -0.39 is 0 Å². The van der Waals surface area contributed by atoms with Gasteiger partial charge in [0, 0.05) is 45.8 Å². The van der Waals surface area contributed by atoms with E-state index >= 15 is 0 Å². The largest absolute Gasteiger partial charge is 0.350 e. The molecule has 1 fully saturated rings. The number of nitrogens with one attached hydrogen (secondary N) is 1. The maximum atomic E-state index is 13.0. The number of piperazine rings is 1. The normalized spacial score (nSPS) is 14.7. The summed E-state index contributed by atoms with van der Waals surface area (Å²) in [6.45, 7) is 8.02. The Morgan fingerprint density at radius 3 is 2.41 bits per heavy atom. The summed E-state index contributed by atoms with van der Waals surface area (Å²) in [5, 5.41) is 2.86. The number of amides is 3. The Hall–Kier alpha value is -2.90. The number of pyridine rings is 1. The fourth-order valence-corrected chi connectivity index (χ4v) is 3.10. The van der Waals surface area contributed by atoms with Gasteiger partial charge in [-0.25, -0.2) is 4.98 Å². The lowest BCUT2D eigenvalue weighted by Gasteiger charge is -2.33. The van der Waals surface area contributed by atoms with E-state index in [2.05, 4.69) is 10.3 Å². The van der Waals surface area contributed by atoms with Crippen LogP contribution >= 0.6 is 0 Å². The van der Waals surface area contributed by atoms with E-state index in [9.17, 15) is 14.4 Å². The fourth-order valence-electron chi connectivity index (χ4n) is 3.10. The van der Waals surface area contributed by atoms with Crippen LogP contribution in [0, 0.1) is 5.92 Å². The van der Waals surface area contributed by atoms with Crippen LogP contribution in [-0.2, 0) is 4.79 Å². The molecular weight excluding hydrogens is 346 g/mol. The fraction of sp³-hybridized carbons (Fsp3) is 0.474. The highest BCUT2D eigenvalue weighted by Gasteiger charge is 2.28. The van der Waals surface area contributed by atoms with Gasteiger partial charge >= 0.3 is 0 Å². The molecule has 3 rings (SSSR count). The number of nitrogens with zero attached hydrogens (tertiary/aromatic N) is 4. The molecule has 1 N–H and O–H groups in total. The molecule has 0 aliphatic carbocycles. The number of hydrogen-bond acceptors (Lipinski definition) is 4. The first-order valence-electron chi connectivity index (χ1n) is 9.18. The molecular formula is C19H25N5O3. The van der Waals surface area contributed by atoms with Crippen molar-refractivity contribution in [3.05, 3.63) is 35.9 Å². The Labute approximate surface area is 158 Å². The van der Waals surface area contributed by atoms with Gasteiger partial charge in [0.05, 0.1) is 5.52 Å². The zero-order valence-electron chi connectivity index (χ0n) is 15.9. The number of imidazole rings is 1. The van der Waals surface area contributed by atoms with Crippen molar-refractivity contribution < 1.29 is 14.4 Å². The minimum Gasteiger partial charge on any atom is -0.350 e. The average Bonchev–Trinajstić information content (AvgIpc) is 3.05. The van der Waals surface area contributed by atoms with Crippen molar-refractivity contribution in [1.82, 2.24) is 24.5 Å². The van der Waals surface area contributed by atoms with Crippen LogP contribution in [-0.4, -0.2) is 69.6 Å². The maximum absolute atomic E-state index is 13.0. The minimum atomic E-state index is -0.284. The number of carbonyl (C=O) groups is 3. The zero-order valence-corrected chi connectivity index (χ0v) is 15.9. The third kappa shape index (κ3) is 3.94. The van der Waals surface area contributed by atoms with E-state index in [1.54, 1.807) is 32.5 Å². The van der Waals surface area contributed by atoms with Crippen LogP contribution in [0.2, 0.25) is 0 Å². The lowest BCUT2D eigenvalue weighted by Crippen LogP contribution is -2.50. The first kappa shape index (κ1) is 18.9. The highest BCUT2D eigenvalue weighted by Crippen LogP contribution is 2.16. The molecule has 0 atom stereocenters. The maximum Gasteiger partial charge on any atom is 0.290 e. The molecule has 1 saturated heterocycles. The predicted octanol–water partition coefficient (Wildman–Crippen LogP) is 1.02. The van der Waals surface area contributed by atoms with Crippen LogP contribution in [0.25, 0.3) is 5.52 Å². The number of aromatic nitrogens is 2. The van der Waals surface area contributed by atoms with Crippen LogP contribution in [0.1, 0.15) is 41.9 Å². The average molecular weight is 371 g/mol. The molecule has 8 nitrogen and oxygen atoms in total. The summed E-state index contributed by atoms with van der Waals surface area (Å²) in [6, 6.07) is 5.40. The molecule has 0 saturated carbocycles. The van der Waals surface area contributed by atoms with Gasteiger partial charge in [0.2, 0.25) is 11.7 Å². The van der Waals surface area contributed by atoms with Gasteiger partial charge in [0.15, 0.2) is 5.69 Å². The van der Waals surface area contributed by atoms with Crippen LogP contribution in [0.3, 0.4) is 0 Å². The second kappa shape index (κ2) is 7.77. The van der Waals surface area contributed by atoms with Gasteiger partial charge in [-0.1, -0.05) is 19.9 Å². The van der Waals surface area contributed by atoms with E-state index in [4.69, 9.17) is 0 Å². The molecule has 1 aliphatic rings. The van der Waals surface area contributed by atoms with Crippen molar-refractivity contribution in [2.75, 3.05) is 32.7 Å². The second-order valence-corrected chi connectivity index (χ2v) is 7.14. The molecule has 1 aliphatic heterocycles. The van der Waals surface area contributed by atoms with Gasteiger partial charge in [0.1, 0.15) is 0 Å². The quantitative estimate of drug-likeness (QED) is 0.869. The third-order valence-electron chi connectivity index (χ3n) is 4.64. The van der Waals surface area contributed by atoms with Gasteiger partial charge in [-0.2, -0.15) is 0 Å². The number of rotatable bonds is 4. The smallest absolute Gasteiger partial charge is 0.290 e. The Morgan fingerprint density at radius 2 is 1.78 bits per heavy atom. The Balaban J connectivity index is 1.85. The summed E-state index contributed by atoms with van der Waals surface area (Å²) < 4.78 is 1.66. The molecule has 8 heteroatoms. The third-order valence-corrected chi connectivity index (χ3v) is 4.64. The first-order chi connectivity index (χ1) is 12.9. The lowest BCUT2D eigenvalue weighted by molar-refractivity contribution is -0.130. The van der Waals surface area contributed by atoms with E-state index in [0.29, 0.717) is 44.2 Å². The monoisotopic (exact) mass is 371 g/mol. The van der Waals surface area contributed by atoms with Crippen molar-refractivity contribution in [3.8, 4) is 0 Å². The lowest BCUT2D eigenvalue weighted by atomic mass is 10.2. The van der Waals surface area contributed by atoms with Crippen LogP contribution in [0.4, 0.5) is 0 Å². The Bertz CT molecular complexity index is 865. The van der Waals surface area contributed by atoms with Crippen molar-refractivity contribution in [3.63, 3.8) is 0 Å². The summed E-state index contributed by atoms with van der Waals surface area (Å²) >= 11 is 0. The van der Waals surface area contributed by atoms with E-state index in [-0.39, 0.29) is 29.2 Å². The summed E-state index contributed by atoms with van der Waals surface area (Å²) in [7, 11) is 0. The van der Waals surface area contributed by atoms with Crippen molar-refractivity contribution in [2.24, 2.45) is 5.92 Å². The molecule has 2 aromatic heterocycles. The standard InChI is InChI=1S/C19H25N5O3/c1-13(2)12-20-18(26)16-15-6-4-5-7-24(15)17(21-16)19(27)23-10-8-22(9-11-23)14(3)25/h4-7,13H,8-12H2,1-3H3,(H,20,26). The molecule has 3 amide bonds. The van der Waals surface area contributed by atoms with Gasteiger partial charge < -0.3 is 15.1 Å². The van der Waals surface area contributed by atoms with Gasteiger partial charge in [-0.3, -0.25) is 18.8 Å². The molecule has 3 heterocycles. The minimum absolute atomic E-state index is 0.0115. The molecule has 0 radical (unpaired) electrons. The Kier molecular flexibility index (Phi) is 5.43. The van der Waals surface area contributed by atoms with Crippen molar-refractivity contribution in [1.29, 1.82) is 0 Å². The van der Waals surface area contributed by atoms with Crippen molar-refractivity contribution >= 4 is 23.2 Å². The Morgan fingerprint density at radius 1 is 1.11 bits per heavy atom. The molecule has 0 bridgehead atoms. The van der Waals surface area contributed by atoms with Gasteiger partial charge in [-0.15, -0.1) is 0 Å². The highest BCUT2D eigenvalue weighted by molar-refractivity contribution is 6.02. The molecule has 27 heavy (non-hydrogen) atoms. The molecule has 0 aromatic carbocycles. The molecule has 0 spiro atoms. The van der Waals surface area contributed by atoms with Crippen LogP contribution in [0.15, 0.2) is 24.4 Å². The highest BCUT2D eigenvalue weighted by atomic mass is 16.2. The van der Waals surface area contributed by atoms with E-state index in [0.717, 1.165) is 0 Å². The number of fused-ring (bicyclic) bond motifs is 1. The predicted molar refractivity (Wildman–Crippen MR) is 101 cm³/mol. The topological polar surface area (TPSA) is 87.0 Å². The van der Waals surface area contributed by atoms with Crippen LogP contribution in [0.5, 0.6) is 0 Å². The van der Waals surface area contributed by atoms with Gasteiger partial charge in [0.25, 0.3) is 11.8 Å². The molecule has 144 valence electrons. The van der Waals surface area contributed by atoms with Crippen molar-refractivity contribution in [2.45, 2.75) is 20.8 Å². The SMILES string of the molecule is CC(=O)N1CCN(C(=O)c2nc(C(=O)NCC(C)C)c3ccccn23)CC1. The van der Waals surface area contributed by atoms with E-state index in [1.165, 1.54) is 6.92 Å². The second-order valence-electron chi connectivity index (χ2n) is 7.14. The zero-order chi connectivity index (χ0) is 19.6. The van der Waals surface area contributed by atoms with E-state index in [1.807, 2.05) is 19.9 Å². The summed E-state index contributed by atoms with van der Waals surface area (Å²) in [5.74, 6) is 0.0331. The number of carbonyl (C=O) groups excluding carboxylic acids is 3. The summed E-state index contributed by atoms with van der Waals surface area (Å²) in [4.78, 5) is 44.8. The number of hydrogen-bond donors (Lipinski definition) is 1. The van der Waals surface area contributed by atoms with Gasteiger partial charge in [-0.05, 0) is 18.1 Å². The molecule has 0 unspecified atom stereocenters. The first-order valence-corrected chi connectivity index (χ1v) is 9.18.